The lowest BCUT2D eigenvalue weighted by atomic mass is 10.00. The maximum Gasteiger partial charge on any atom is 0.319 e. The molecule has 24 heavy (non-hydrogen) atoms. The van der Waals surface area contributed by atoms with E-state index in [0.29, 0.717) is 12.2 Å². The molecule has 7 nitrogen and oxygen atoms in total. The number of anilines is 1. The first-order chi connectivity index (χ1) is 11.6. The summed E-state index contributed by atoms with van der Waals surface area (Å²) in [4.78, 5) is 14.0. The molecule has 1 aromatic heterocycles. The predicted molar refractivity (Wildman–Crippen MR) is 91.7 cm³/mol. The highest BCUT2D eigenvalue weighted by atomic mass is 16.3. The molecule has 0 fully saturated rings. The van der Waals surface area contributed by atoms with Gasteiger partial charge in [-0.2, -0.15) is 5.10 Å². The van der Waals surface area contributed by atoms with Crippen LogP contribution in [0.3, 0.4) is 0 Å². The topological polar surface area (TPSA) is 82.4 Å². The van der Waals surface area contributed by atoms with E-state index in [0.717, 1.165) is 19.5 Å². The van der Waals surface area contributed by atoms with Crippen LogP contribution in [0.5, 0.6) is 0 Å². The Morgan fingerprint density at radius 1 is 1.38 bits per heavy atom. The van der Waals surface area contributed by atoms with E-state index in [1.54, 1.807) is 24.1 Å². The number of aliphatic hydroxyl groups excluding tert-OH is 1. The van der Waals surface area contributed by atoms with Crippen molar-refractivity contribution in [3.63, 3.8) is 0 Å². The van der Waals surface area contributed by atoms with Crippen molar-refractivity contribution >= 4 is 11.7 Å². The molecule has 1 unspecified atom stereocenters. The summed E-state index contributed by atoms with van der Waals surface area (Å²) in [5.74, 6) is 0. The van der Waals surface area contributed by atoms with Gasteiger partial charge in [0.1, 0.15) is 0 Å². The van der Waals surface area contributed by atoms with Gasteiger partial charge in [-0.15, -0.1) is 0 Å². The van der Waals surface area contributed by atoms with Gasteiger partial charge in [0.05, 0.1) is 18.0 Å². The minimum Gasteiger partial charge on any atom is -0.390 e. The van der Waals surface area contributed by atoms with Crippen molar-refractivity contribution in [2.45, 2.75) is 19.1 Å². The molecule has 1 aliphatic rings. The third-order valence-electron chi connectivity index (χ3n) is 4.14. The first-order valence-electron chi connectivity index (χ1n) is 8.11. The second kappa shape index (κ2) is 7.46. The number of aliphatic hydroxyl groups is 1. The van der Waals surface area contributed by atoms with Crippen molar-refractivity contribution in [1.82, 2.24) is 20.0 Å². The zero-order chi connectivity index (χ0) is 16.9. The molecule has 2 heterocycles. The molecule has 0 radical (unpaired) electrons. The van der Waals surface area contributed by atoms with E-state index in [4.69, 9.17) is 0 Å². The van der Waals surface area contributed by atoms with Gasteiger partial charge in [0.25, 0.3) is 0 Å². The second-order valence-corrected chi connectivity index (χ2v) is 6.15. The van der Waals surface area contributed by atoms with Crippen LogP contribution in [0.1, 0.15) is 11.1 Å². The Morgan fingerprint density at radius 3 is 2.92 bits per heavy atom. The van der Waals surface area contributed by atoms with Gasteiger partial charge in [-0.3, -0.25) is 9.58 Å². The maximum atomic E-state index is 11.8. The lowest BCUT2D eigenvalue weighted by molar-refractivity contribution is 0.106. The minimum atomic E-state index is -0.602. The smallest absolute Gasteiger partial charge is 0.319 e. The van der Waals surface area contributed by atoms with Crippen LogP contribution in [0.2, 0.25) is 0 Å². The number of rotatable bonds is 5. The van der Waals surface area contributed by atoms with Crippen molar-refractivity contribution < 1.29 is 9.90 Å². The number of hydrogen-bond acceptors (Lipinski definition) is 4. The Labute approximate surface area is 141 Å². The van der Waals surface area contributed by atoms with Crippen LogP contribution >= 0.6 is 0 Å². The molecular weight excluding hydrogens is 306 g/mol. The first-order valence-corrected chi connectivity index (χ1v) is 8.11. The van der Waals surface area contributed by atoms with Gasteiger partial charge in [0.15, 0.2) is 0 Å². The SMILES string of the molecule is Cn1cc(NC(=O)NCC(O)CN2CCc3ccccc3C2)cn1. The lowest BCUT2D eigenvalue weighted by Gasteiger charge is -2.30. The quantitative estimate of drug-likeness (QED) is 0.763. The Balaban J connectivity index is 1.41. The number of aryl methyl sites for hydroxylation is 1. The molecule has 3 rings (SSSR count). The highest BCUT2D eigenvalue weighted by Gasteiger charge is 2.18. The van der Waals surface area contributed by atoms with Gasteiger partial charge in [0.2, 0.25) is 0 Å². The summed E-state index contributed by atoms with van der Waals surface area (Å²) in [6.07, 6.45) is 3.68. The van der Waals surface area contributed by atoms with E-state index < -0.39 is 6.10 Å². The molecule has 0 bridgehead atoms. The fourth-order valence-electron chi connectivity index (χ4n) is 2.94. The molecular formula is C17H23N5O2. The van der Waals surface area contributed by atoms with Gasteiger partial charge in [0, 0.05) is 39.4 Å². The van der Waals surface area contributed by atoms with Gasteiger partial charge in [-0.05, 0) is 17.5 Å². The van der Waals surface area contributed by atoms with Crippen LogP contribution in [0.4, 0.5) is 10.5 Å². The van der Waals surface area contributed by atoms with Crippen molar-refractivity contribution in [3.8, 4) is 0 Å². The molecule has 1 aliphatic heterocycles. The Hall–Kier alpha value is -2.38. The second-order valence-electron chi connectivity index (χ2n) is 6.15. The van der Waals surface area contributed by atoms with E-state index in [1.165, 1.54) is 11.1 Å². The van der Waals surface area contributed by atoms with Crippen molar-refractivity contribution in [3.05, 3.63) is 47.8 Å². The number of benzene rings is 1. The van der Waals surface area contributed by atoms with Crippen molar-refractivity contribution in [2.24, 2.45) is 7.05 Å². The van der Waals surface area contributed by atoms with Gasteiger partial charge in [-0.1, -0.05) is 24.3 Å². The van der Waals surface area contributed by atoms with E-state index in [-0.39, 0.29) is 12.6 Å². The Bertz CT molecular complexity index is 700. The maximum absolute atomic E-state index is 11.8. The van der Waals surface area contributed by atoms with E-state index >= 15 is 0 Å². The van der Waals surface area contributed by atoms with Crippen LogP contribution in [0.25, 0.3) is 0 Å². The molecule has 128 valence electrons. The third kappa shape index (κ3) is 4.33. The summed E-state index contributed by atoms with van der Waals surface area (Å²) in [6, 6.07) is 8.06. The molecule has 0 aliphatic carbocycles. The highest BCUT2D eigenvalue weighted by molar-refractivity contribution is 5.88. The number of carbonyl (C=O) groups excluding carboxylic acids is 1. The molecule has 0 saturated heterocycles. The zero-order valence-corrected chi connectivity index (χ0v) is 13.8. The number of nitrogens with zero attached hydrogens (tertiary/aromatic N) is 3. The molecule has 3 N–H and O–H groups in total. The van der Waals surface area contributed by atoms with Crippen LogP contribution in [0, 0.1) is 0 Å². The Morgan fingerprint density at radius 2 is 2.17 bits per heavy atom. The number of carbonyl (C=O) groups is 1. The van der Waals surface area contributed by atoms with Crippen LogP contribution < -0.4 is 10.6 Å². The monoisotopic (exact) mass is 329 g/mol. The normalized spacial score (nSPS) is 15.6. The Kier molecular flexibility index (Phi) is 5.12. The van der Waals surface area contributed by atoms with E-state index in [1.807, 2.05) is 6.07 Å². The molecule has 0 saturated carbocycles. The van der Waals surface area contributed by atoms with Crippen LogP contribution in [0.15, 0.2) is 36.7 Å². The summed E-state index contributed by atoms with van der Waals surface area (Å²) in [7, 11) is 1.78. The van der Waals surface area contributed by atoms with E-state index in [2.05, 4.69) is 38.8 Å². The predicted octanol–water partition coefficient (Wildman–Crippen LogP) is 0.961. The minimum absolute atomic E-state index is 0.213. The number of nitrogens with one attached hydrogen (secondary N) is 2. The standard InChI is InChI=1S/C17H23N5O2/c1-21-11-15(8-19-21)20-17(24)18-9-16(23)12-22-7-6-13-4-2-3-5-14(13)10-22/h2-5,8,11,16,23H,6-7,9-10,12H2,1H3,(H2,18,20,24). The van der Waals surface area contributed by atoms with E-state index in [9.17, 15) is 9.90 Å². The molecule has 2 amide bonds. The molecule has 1 aromatic carbocycles. The number of amides is 2. The largest absolute Gasteiger partial charge is 0.390 e. The molecule has 7 heteroatoms. The summed E-state index contributed by atoms with van der Waals surface area (Å²) < 4.78 is 1.61. The van der Waals surface area contributed by atoms with Gasteiger partial charge < -0.3 is 15.7 Å². The summed E-state index contributed by atoms with van der Waals surface area (Å²) in [5, 5.41) is 19.5. The summed E-state index contributed by atoms with van der Waals surface area (Å²) in [6.45, 7) is 2.52. The number of fused-ring (bicyclic) bond motifs is 1. The number of urea groups is 1. The van der Waals surface area contributed by atoms with Gasteiger partial charge in [-0.25, -0.2) is 4.79 Å². The fourth-order valence-corrected chi connectivity index (χ4v) is 2.94. The number of aromatic nitrogens is 2. The van der Waals surface area contributed by atoms with Crippen LogP contribution in [-0.4, -0.2) is 51.6 Å². The molecule has 0 spiro atoms. The summed E-state index contributed by atoms with van der Waals surface area (Å²) >= 11 is 0. The summed E-state index contributed by atoms with van der Waals surface area (Å²) in [5.41, 5.74) is 3.33. The van der Waals surface area contributed by atoms with Crippen LogP contribution in [-0.2, 0) is 20.0 Å². The lowest BCUT2D eigenvalue weighted by Crippen LogP contribution is -2.42. The zero-order valence-electron chi connectivity index (χ0n) is 13.8. The molecule has 2 aromatic rings. The van der Waals surface area contributed by atoms with Crippen molar-refractivity contribution in [2.75, 3.05) is 25.0 Å². The fraction of sp³-hybridized carbons (Fsp3) is 0.412. The van der Waals surface area contributed by atoms with Gasteiger partial charge >= 0.3 is 6.03 Å². The average molecular weight is 329 g/mol. The third-order valence-corrected chi connectivity index (χ3v) is 4.14. The highest BCUT2D eigenvalue weighted by Crippen LogP contribution is 2.18. The average Bonchev–Trinajstić information content (AvgIpc) is 2.98. The molecule has 1 atom stereocenters. The first kappa shape index (κ1) is 16.5. The number of β-amino-alcohol motifs (C(OH)–C–C–N with tert-alkyl or cyclic N) is 1. The van der Waals surface area contributed by atoms with Crippen molar-refractivity contribution in [1.29, 1.82) is 0 Å². The number of hydrogen-bond donors (Lipinski definition) is 3.